The summed E-state index contributed by atoms with van der Waals surface area (Å²) in [6.07, 6.45) is 0. The van der Waals surface area contributed by atoms with Gasteiger partial charge < -0.3 is 9.80 Å². The molecule has 0 saturated heterocycles. The van der Waals surface area contributed by atoms with E-state index in [0.29, 0.717) is 23.5 Å². The number of nitrogens with zero attached hydrogens (tertiary/aromatic N) is 5. The van der Waals surface area contributed by atoms with E-state index in [1.54, 1.807) is 0 Å². The van der Waals surface area contributed by atoms with E-state index >= 15 is 0 Å². The molecule has 362 valence electrons. The van der Waals surface area contributed by atoms with Gasteiger partial charge in [-0.2, -0.15) is 9.97 Å². The van der Waals surface area contributed by atoms with E-state index in [-0.39, 0.29) is 34.2 Å². The van der Waals surface area contributed by atoms with Crippen LogP contribution in [-0.2, 0) is 16.2 Å². The first kappa shape index (κ1) is 44.1. The zero-order valence-corrected chi connectivity index (χ0v) is 43.3. The van der Waals surface area contributed by atoms with Crippen molar-refractivity contribution in [3.8, 4) is 56.2 Å². The number of hydrogen-bond acceptors (Lipinski definition) is 5. The van der Waals surface area contributed by atoms with Crippen LogP contribution >= 0.6 is 0 Å². The fraction of sp³-hybridized carbons (Fsp3) is 0.186. The van der Waals surface area contributed by atoms with Gasteiger partial charge in [-0.1, -0.05) is 205 Å². The molecule has 15 rings (SSSR count). The zero-order valence-electron chi connectivity index (χ0n) is 43.3. The van der Waals surface area contributed by atoms with E-state index in [0.717, 1.165) is 16.8 Å². The first-order chi connectivity index (χ1) is 36.5. The fourth-order valence-corrected chi connectivity index (χ4v) is 14.7. The largest absolute Gasteiger partial charge is 0.333 e. The van der Waals surface area contributed by atoms with Crippen molar-refractivity contribution in [1.82, 2.24) is 15.0 Å². The maximum atomic E-state index is 5.34. The van der Waals surface area contributed by atoms with Crippen molar-refractivity contribution in [2.24, 2.45) is 0 Å². The summed E-state index contributed by atoms with van der Waals surface area (Å²) in [4.78, 5) is 20.8. The maximum absolute atomic E-state index is 5.34. The van der Waals surface area contributed by atoms with Crippen LogP contribution in [0.1, 0.15) is 110 Å². The second-order valence-electron chi connectivity index (χ2n) is 23.2. The van der Waals surface area contributed by atoms with Gasteiger partial charge in [-0.3, -0.25) is 0 Å². The minimum atomic E-state index is -0.159. The van der Waals surface area contributed by atoms with Crippen LogP contribution in [0.2, 0.25) is 0 Å². The van der Waals surface area contributed by atoms with Crippen LogP contribution in [0.25, 0.3) is 56.2 Å². The number of aromatic nitrogens is 3. The van der Waals surface area contributed by atoms with Crippen LogP contribution in [0.15, 0.2) is 212 Å². The van der Waals surface area contributed by atoms with Crippen molar-refractivity contribution in [3.05, 3.63) is 257 Å². The lowest BCUT2D eigenvalue weighted by Gasteiger charge is -2.30. The van der Waals surface area contributed by atoms with E-state index < -0.39 is 0 Å². The van der Waals surface area contributed by atoms with Gasteiger partial charge in [0.05, 0.1) is 12.1 Å². The van der Waals surface area contributed by atoms with Crippen molar-refractivity contribution < 1.29 is 0 Å². The third-order valence-electron chi connectivity index (χ3n) is 18.2. The molecular formula is C70H57N5. The monoisotopic (exact) mass is 967 g/mol. The molecule has 0 radical (unpaired) electrons. The van der Waals surface area contributed by atoms with E-state index in [1.807, 2.05) is 36.4 Å². The normalized spacial score (nSPS) is 20.1. The van der Waals surface area contributed by atoms with Gasteiger partial charge in [-0.15, -0.1) is 0 Å². The summed E-state index contributed by atoms with van der Waals surface area (Å²) >= 11 is 0. The zero-order chi connectivity index (χ0) is 50.5. The molecule has 9 aromatic carbocycles. The molecular weight excluding hydrogens is 911 g/mol. The molecule has 0 spiro atoms. The molecule has 2 aliphatic heterocycles. The van der Waals surface area contributed by atoms with Gasteiger partial charge in [0, 0.05) is 45.4 Å². The molecule has 4 atom stereocenters. The molecule has 75 heavy (non-hydrogen) atoms. The van der Waals surface area contributed by atoms with Crippen LogP contribution in [-0.4, -0.2) is 15.0 Å². The van der Waals surface area contributed by atoms with Crippen LogP contribution < -0.4 is 9.80 Å². The molecule has 4 unspecified atom stereocenters. The summed E-state index contributed by atoms with van der Waals surface area (Å²) < 4.78 is 0. The van der Waals surface area contributed by atoms with E-state index in [2.05, 4.69) is 227 Å². The number of hydrogen-bond donors (Lipinski definition) is 0. The Morgan fingerprint density at radius 3 is 1.23 bits per heavy atom. The Labute approximate surface area is 440 Å². The van der Waals surface area contributed by atoms with Gasteiger partial charge in [-0.25, -0.2) is 4.98 Å². The average molecular weight is 968 g/mol. The third kappa shape index (κ3) is 6.27. The molecule has 0 amide bonds. The van der Waals surface area contributed by atoms with E-state index in [9.17, 15) is 0 Å². The van der Waals surface area contributed by atoms with Gasteiger partial charge in [0.2, 0.25) is 5.95 Å². The molecule has 1 aromatic heterocycles. The summed E-state index contributed by atoms with van der Waals surface area (Å²) in [6.45, 7) is 14.5. The summed E-state index contributed by atoms with van der Waals surface area (Å²) in [5.74, 6) is 2.47. The quantitative estimate of drug-likeness (QED) is 0.166. The van der Waals surface area contributed by atoms with Crippen LogP contribution in [0.5, 0.6) is 0 Å². The molecule has 0 saturated carbocycles. The lowest BCUT2D eigenvalue weighted by molar-refractivity contribution is 0.419. The molecule has 0 fully saturated rings. The Balaban J connectivity index is 0.841. The molecule has 0 bridgehead atoms. The molecule has 5 nitrogen and oxygen atoms in total. The van der Waals surface area contributed by atoms with Gasteiger partial charge in [0.25, 0.3) is 0 Å². The van der Waals surface area contributed by atoms with Crippen molar-refractivity contribution in [2.75, 3.05) is 9.80 Å². The topological polar surface area (TPSA) is 45.2 Å². The van der Waals surface area contributed by atoms with Gasteiger partial charge >= 0.3 is 0 Å². The van der Waals surface area contributed by atoms with Crippen molar-refractivity contribution >= 4 is 23.0 Å². The number of fused-ring (bicyclic) bond motifs is 13. The summed E-state index contributed by atoms with van der Waals surface area (Å²) in [5.41, 5.74) is 24.0. The minimum absolute atomic E-state index is 0.00351. The number of rotatable bonds is 6. The minimum Gasteiger partial charge on any atom is -0.333 e. The third-order valence-corrected chi connectivity index (χ3v) is 18.2. The SMILES string of the molecule is CC1(C)c2ccc(-c3ccc4c(c3)C3C(c5ccccc5C3(C)C)N4c3ccccc3)cc2-c2cc(-c3ccc4c(c3)C3C(c5ccccc5C3(C)C)N4c3nc(-c4ccccc4)nc(-c4ccccc4)n3)ccc21. The molecule has 5 aliphatic rings. The Morgan fingerprint density at radius 1 is 0.333 bits per heavy atom. The molecule has 0 N–H and O–H groups in total. The fourth-order valence-electron chi connectivity index (χ4n) is 14.7. The smallest absolute Gasteiger partial charge is 0.234 e. The molecule has 10 aromatic rings. The lowest BCUT2D eigenvalue weighted by atomic mass is 9.74. The van der Waals surface area contributed by atoms with Crippen LogP contribution in [0.4, 0.5) is 23.0 Å². The predicted octanol–water partition coefficient (Wildman–Crippen LogP) is 17.4. The highest BCUT2D eigenvalue weighted by Gasteiger charge is 2.56. The molecule has 3 aliphatic carbocycles. The second-order valence-corrected chi connectivity index (χ2v) is 23.2. The van der Waals surface area contributed by atoms with Crippen LogP contribution in [0, 0.1) is 0 Å². The van der Waals surface area contributed by atoms with Crippen molar-refractivity contribution in [1.29, 1.82) is 0 Å². The van der Waals surface area contributed by atoms with Gasteiger partial charge in [-0.05, 0) is 137 Å². The summed E-state index contributed by atoms with van der Waals surface area (Å²) in [6, 6.07) is 78.9. The van der Waals surface area contributed by atoms with E-state index in [1.165, 1.54) is 89.3 Å². The first-order valence-electron chi connectivity index (χ1n) is 26.7. The maximum Gasteiger partial charge on any atom is 0.234 e. The van der Waals surface area contributed by atoms with Gasteiger partial charge in [0.1, 0.15) is 0 Å². The number of anilines is 4. The van der Waals surface area contributed by atoms with Crippen molar-refractivity contribution in [3.63, 3.8) is 0 Å². The Morgan fingerprint density at radius 2 is 0.733 bits per heavy atom. The lowest BCUT2D eigenvalue weighted by Crippen LogP contribution is -2.26. The van der Waals surface area contributed by atoms with Crippen LogP contribution in [0.3, 0.4) is 0 Å². The standard InChI is InChI=1S/C70H57N5/c1-68(2)57-34-30-44(46-32-36-59-53(40-46)61-63(74(59)48-24-14-9-15-25-48)49-26-16-18-28-55(49)69(61,3)4)38-51(57)52-39-45(31-35-58(52)68)47-33-37-60-54(41-47)62-64(50-27-17-19-29-56(50)70(62,5)6)75(60)67-72-65(42-20-10-7-11-21-42)71-66(73-67)43-22-12-8-13-23-43/h7-41,61-64H,1-6H3. The highest BCUT2D eigenvalue weighted by atomic mass is 15.3. The number of para-hydroxylation sites is 1. The molecule has 5 heteroatoms. The van der Waals surface area contributed by atoms with Crippen molar-refractivity contribution in [2.45, 2.75) is 81.7 Å². The Bertz CT molecular complexity index is 3910. The molecule has 3 heterocycles. The predicted molar refractivity (Wildman–Crippen MR) is 306 cm³/mol. The highest BCUT2D eigenvalue weighted by Crippen LogP contribution is 2.67. The first-order valence-corrected chi connectivity index (χ1v) is 26.7. The van der Waals surface area contributed by atoms with Gasteiger partial charge in [0.15, 0.2) is 11.6 Å². The highest BCUT2D eigenvalue weighted by molar-refractivity contribution is 5.89. The van der Waals surface area contributed by atoms with E-state index in [4.69, 9.17) is 15.0 Å². The summed E-state index contributed by atoms with van der Waals surface area (Å²) in [7, 11) is 0. The second kappa shape index (κ2) is 15.8. The average Bonchev–Trinajstić information content (AvgIpc) is 4.35. The number of benzene rings is 9. The Hall–Kier alpha value is -8.41. The summed E-state index contributed by atoms with van der Waals surface area (Å²) in [5, 5.41) is 0. The Kier molecular flexibility index (Phi) is 9.29.